The van der Waals surface area contributed by atoms with Crippen molar-refractivity contribution in [2.75, 3.05) is 37.6 Å². The molecule has 1 aromatic rings. The van der Waals surface area contributed by atoms with E-state index in [1.54, 1.807) is 4.90 Å². The number of carbonyl (C=O) groups excluding carboxylic acids is 2. The van der Waals surface area contributed by atoms with Crippen LogP contribution >= 0.6 is 0 Å². The summed E-state index contributed by atoms with van der Waals surface area (Å²) in [5.41, 5.74) is 3.67. The van der Waals surface area contributed by atoms with E-state index in [4.69, 9.17) is 0 Å². The van der Waals surface area contributed by atoms with Gasteiger partial charge in [-0.3, -0.25) is 14.5 Å². The molecule has 2 aliphatic heterocycles. The average molecular weight is 395 g/mol. The van der Waals surface area contributed by atoms with Gasteiger partial charge in [-0.2, -0.15) is 5.26 Å². The monoisotopic (exact) mass is 394 g/mol. The summed E-state index contributed by atoms with van der Waals surface area (Å²) in [7, 11) is 0. The van der Waals surface area contributed by atoms with Gasteiger partial charge in [-0.05, 0) is 48.4 Å². The van der Waals surface area contributed by atoms with Crippen molar-refractivity contribution < 1.29 is 9.59 Å². The molecule has 2 atom stereocenters. The summed E-state index contributed by atoms with van der Waals surface area (Å²) in [6.45, 7) is 7.30. The van der Waals surface area contributed by atoms with Gasteiger partial charge >= 0.3 is 0 Å². The lowest BCUT2D eigenvalue weighted by Gasteiger charge is -2.38. The van der Waals surface area contributed by atoms with E-state index < -0.39 is 0 Å². The van der Waals surface area contributed by atoms with Crippen LogP contribution in [0.4, 0.5) is 5.69 Å². The van der Waals surface area contributed by atoms with Gasteiger partial charge in [0.15, 0.2) is 0 Å². The first-order valence-electron chi connectivity index (χ1n) is 10.8. The fourth-order valence-corrected chi connectivity index (χ4v) is 4.98. The van der Waals surface area contributed by atoms with Crippen LogP contribution in [-0.2, 0) is 22.4 Å². The highest BCUT2D eigenvalue weighted by molar-refractivity contribution is 6.00. The van der Waals surface area contributed by atoms with Crippen molar-refractivity contribution in [1.29, 1.82) is 5.26 Å². The van der Waals surface area contributed by atoms with E-state index in [2.05, 4.69) is 36.9 Å². The van der Waals surface area contributed by atoms with Crippen LogP contribution in [-0.4, -0.2) is 60.4 Å². The zero-order chi connectivity index (χ0) is 20.5. The summed E-state index contributed by atoms with van der Waals surface area (Å²) >= 11 is 0. The van der Waals surface area contributed by atoms with Crippen molar-refractivity contribution in [3.05, 3.63) is 29.3 Å². The lowest BCUT2D eigenvalue weighted by molar-refractivity contribution is -0.137. The summed E-state index contributed by atoms with van der Waals surface area (Å²) in [6, 6.07) is 8.59. The SMILES string of the molecule is CC(C)C(C#N)N1CCN(C(=O)C2CC(=O)N(c3ccc4c(c3)CCC4)C2)CC1. The number of hydrogen-bond donors (Lipinski definition) is 0. The molecule has 0 N–H and O–H groups in total. The second-order valence-corrected chi connectivity index (χ2v) is 8.89. The van der Waals surface area contributed by atoms with E-state index in [1.165, 1.54) is 17.5 Å². The molecule has 0 spiro atoms. The molecule has 0 aromatic heterocycles. The number of nitriles is 1. The molecule has 1 aromatic carbocycles. The molecule has 6 nitrogen and oxygen atoms in total. The fraction of sp³-hybridized carbons (Fsp3) is 0.609. The predicted octanol–water partition coefficient (Wildman–Crippen LogP) is 2.22. The molecule has 0 saturated carbocycles. The molecule has 2 heterocycles. The van der Waals surface area contributed by atoms with E-state index in [-0.39, 0.29) is 29.7 Å². The zero-order valence-corrected chi connectivity index (χ0v) is 17.4. The standard InChI is InChI=1S/C23H30N4O2/c1-16(2)21(14-24)25-8-10-26(11-9-25)23(29)19-13-22(28)27(15-19)20-7-6-17-4-3-5-18(17)12-20/h6-7,12,16,19,21H,3-5,8-11,13,15H2,1-2H3. The van der Waals surface area contributed by atoms with Crippen LogP contribution < -0.4 is 4.90 Å². The van der Waals surface area contributed by atoms with E-state index in [0.717, 1.165) is 31.6 Å². The van der Waals surface area contributed by atoms with Crippen LogP contribution in [0.3, 0.4) is 0 Å². The van der Waals surface area contributed by atoms with Gasteiger partial charge in [0.1, 0.15) is 6.04 Å². The molecule has 29 heavy (non-hydrogen) atoms. The van der Waals surface area contributed by atoms with Gasteiger partial charge in [0.05, 0.1) is 12.0 Å². The fourth-order valence-electron chi connectivity index (χ4n) is 4.98. The first kappa shape index (κ1) is 19.9. The van der Waals surface area contributed by atoms with Crippen molar-refractivity contribution in [2.24, 2.45) is 11.8 Å². The van der Waals surface area contributed by atoms with Gasteiger partial charge in [0.25, 0.3) is 0 Å². The lowest BCUT2D eigenvalue weighted by atomic mass is 10.0. The first-order valence-corrected chi connectivity index (χ1v) is 10.8. The van der Waals surface area contributed by atoms with Gasteiger partial charge in [-0.15, -0.1) is 0 Å². The quantitative estimate of drug-likeness (QED) is 0.785. The topological polar surface area (TPSA) is 67.6 Å². The Kier molecular flexibility index (Phi) is 5.60. The summed E-state index contributed by atoms with van der Waals surface area (Å²) in [5.74, 6) is 0.138. The third-order valence-electron chi connectivity index (χ3n) is 6.65. The zero-order valence-electron chi connectivity index (χ0n) is 17.4. The van der Waals surface area contributed by atoms with Gasteiger partial charge in [0, 0.05) is 44.8 Å². The van der Waals surface area contributed by atoms with Crippen LogP contribution in [0.15, 0.2) is 18.2 Å². The molecular formula is C23H30N4O2. The van der Waals surface area contributed by atoms with Gasteiger partial charge in [0.2, 0.25) is 11.8 Å². The first-order chi connectivity index (χ1) is 14.0. The molecule has 0 radical (unpaired) electrons. The molecule has 154 valence electrons. The van der Waals surface area contributed by atoms with Crippen molar-refractivity contribution in [1.82, 2.24) is 9.80 Å². The number of nitrogens with zero attached hydrogens (tertiary/aromatic N) is 4. The smallest absolute Gasteiger partial charge is 0.228 e. The minimum atomic E-state index is -0.265. The second-order valence-electron chi connectivity index (χ2n) is 8.89. The van der Waals surface area contributed by atoms with Crippen LogP contribution in [0, 0.1) is 23.2 Å². The Bertz CT molecular complexity index is 836. The lowest BCUT2D eigenvalue weighted by Crippen LogP contribution is -2.54. The summed E-state index contributed by atoms with van der Waals surface area (Å²) in [6.07, 6.45) is 3.68. The van der Waals surface area contributed by atoms with Gasteiger partial charge < -0.3 is 9.80 Å². The molecule has 2 fully saturated rings. The van der Waals surface area contributed by atoms with Crippen LogP contribution in [0.5, 0.6) is 0 Å². The second kappa shape index (κ2) is 8.16. The third kappa shape index (κ3) is 3.89. The molecule has 3 aliphatic rings. The average Bonchev–Trinajstić information content (AvgIpc) is 3.34. The Labute approximate surface area is 173 Å². The highest BCUT2D eigenvalue weighted by Crippen LogP contribution is 2.31. The number of anilines is 1. The Morgan fingerprint density at radius 2 is 1.86 bits per heavy atom. The normalized spacial score (nSPS) is 23.4. The molecule has 6 heteroatoms. The molecule has 2 saturated heterocycles. The molecule has 2 amide bonds. The maximum Gasteiger partial charge on any atom is 0.228 e. The van der Waals surface area contributed by atoms with Crippen LogP contribution in [0.1, 0.15) is 37.8 Å². The van der Waals surface area contributed by atoms with Crippen molar-refractivity contribution in [2.45, 2.75) is 45.6 Å². The molecule has 4 rings (SSSR count). The Balaban J connectivity index is 1.37. The van der Waals surface area contributed by atoms with Crippen LogP contribution in [0.2, 0.25) is 0 Å². The maximum atomic E-state index is 13.1. The number of fused-ring (bicyclic) bond motifs is 1. The van der Waals surface area contributed by atoms with Crippen molar-refractivity contribution in [3.8, 4) is 6.07 Å². The van der Waals surface area contributed by atoms with Gasteiger partial charge in [-0.1, -0.05) is 19.9 Å². The number of benzene rings is 1. The third-order valence-corrected chi connectivity index (χ3v) is 6.65. The van der Waals surface area contributed by atoms with Crippen LogP contribution in [0.25, 0.3) is 0 Å². The minimum Gasteiger partial charge on any atom is -0.340 e. The molecule has 0 bridgehead atoms. The van der Waals surface area contributed by atoms with Crippen molar-refractivity contribution >= 4 is 17.5 Å². The van der Waals surface area contributed by atoms with E-state index in [9.17, 15) is 14.9 Å². The van der Waals surface area contributed by atoms with E-state index >= 15 is 0 Å². The highest BCUT2D eigenvalue weighted by Gasteiger charge is 2.38. The molecule has 1 aliphatic carbocycles. The number of piperazine rings is 1. The number of amides is 2. The predicted molar refractivity (Wildman–Crippen MR) is 111 cm³/mol. The van der Waals surface area contributed by atoms with E-state index in [0.29, 0.717) is 26.1 Å². The number of carbonyl (C=O) groups is 2. The Morgan fingerprint density at radius 1 is 1.14 bits per heavy atom. The minimum absolute atomic E-state index is 0.0456. The highest BCUT2D eigenvalue weighted by atomic mass is 16.2. The summed E-state index contributed by atoms with van der Waals surface area (Å²) < 4.78 is 0. The number of hydrogen-bond acceptors (Lipinski definition) is 4. The Morgan fingerprint density at radius 3 is 2.55 bits per heavy atom. The number of aryl methyl sites for hydroxylation is 2. The molecule has 2 unspecified atom stereocenters. The number of rotatable bonds is 4. The van der Waals surface area contributed by atoms with E-state index in [1.807, 2.05) is 11.0 Å². The van der Waals surface area contributed by atoms with Gasteiger partial charge in [-0.25, -0.2) is 0 Å². The Hall–Kier alpha value is -2.39. The van der Waals surface area contributed by atoms with Crippen molar-refractivity contribution in [3.63, 3.8) is 0 Å². The summed E-state index contributed by atoms with van der Waals surface area (Å²) in [5, 5.41) is 9.41. The maximum absolute atomic E-state index is 13.1. The summed E-state index contributed by atoms with van der Waals surface area (Å²) in [4.78, 5) is 31.5. The largest absolute Gasteiger partial charge is 0.340 e. The molecular weight excluding hydrogens is 364 g/mol.